The molecule has 0 atom stereocenters. The molecule has 0 unspecified atom stereocenters. The van der Waals surface area contributed by atoms with Gasteiger partial charge in [-0.15, -0.1) is 0 Å². The Morgan fingerprint density at radius 2 is 2.07 bits per heavy atom. The van der Waals surface area contributed by atoms with Crippen LogP contribution in [0.1, 0.15) is 5.56 Å². The van der Waals surface area contributed by atoms with E-state index in [4.69, 9.17) is 16.3 Å². The summed E-state index contributed by atoms with van der Waals surface area (Å²) in [5, 5.41) is 3.23. The third-order valence-corrected chi connectivity index (χ3v) is 2.02. The van der Waals surface area contributed by atoms with Crippen molar-refractivity contribution in [3.05, 3.63) is 41.4 Å². The smallest absolute Gasteiger partial charge is 0.118 e. The van der Waals surface area contributed by atoms with Crippen molar-refractivity contribution in [2.24, 2.45) is 0 Å². The average molecular weight is 212 g/mol. The lowest BCUT2D eigenvalue weighted by Gasteiger charge is -2.03. The minimum absolute atomic E-state index is 0.787. The lowest BCUT2D eigenvalue weighted by Crippen LogP contribution is -2.12. The molecule has 2 nitrogen and oxygen atoms in total. The summed E-state index contributed by atoms with van der Waals surface area (Å²) < 4.78 is 5.06. The molecule has 0 aliphatic rings. The zero-order valence-corrected chi connectivity index (χ0v) is 8.92. The fraction of sp³-hybridized carbons (Fsp3) is 0.273. The highest BCUT2D eigenvalue weighted by molar-refractivity contribution is 6.25. The number of benzene rings is 1. The van der Waals surface area contributed by atoms with Crippen LogP contribution >= 0.6 is 11.6 Å². The van der Waals surface area contributed by atoms with E-state index in [0.717, 1.165) is 18.8 Å². The lowest BCUT2D eigenvalue weighted by atomic mass is 10.2. The van der Waals surface area contributed by atoms with E-state index >= 15 is 0 Å². The molecule has 0 bridgehead atoms. The fourth-order valence-electron chi connectivity index (χ4n) is 1.09. The molecule has 0 spiro atoms. The Balaban J connectivity index is 2.36. The van der Waals surface area contributed by atoms with Crippen LogP contribution in [0.2, 0.25) is 0 Å². The molecule has 0 saturated carbocycles. The van der Waals surface area contributed by atoms with Gasteiger partial charge in [0.25, 0.3) is 0 Å². The van der Waals surface area contributed by atoms with E-state index in [9.17, 15) is 0 Å². The van der Waals surface area contributed by atoms with Crippen LogP contribution in [0.25, 0.3) is 0 Å². The molecule has 1 aromatic carbocycles. The van der Waals surface area contributed by atoms with Crippen molar-refractivity contribution in [2.75, 3.05) is 13.7 Å². The van der Waals surface area contributed by atoms with Crippen LogP contribution in [0.3, 0.4) is 0 Å². The summed E-state index contributed by atoms with van der Waals surface area (Å²) in [6, 6.07) is 7.98. The summed E-state index contributed by atoms with van der Waals surface area (Å²) in [7, 11) is 1.67. The molecule has 1 aromatic rings. The highest BCUT2D eigenvalue weighted by Crippen LogP contribution is 2.10. The maximum Gasteiger partial charge on any atom is 0.118 e. The van der Waals surface area contributed by atoms with Crippen LogP contribution in [-0.2, 0) is 6.54 Å². The standard InChI is InChI=1S/C11H14ClNO/c1-14-11-5-3-10(4-6-11)9-13-8-2-7-12/h2-7,13H,8-9H2,1H3/b7-2+. The SMILES string of the molecule is COc1ccc(CNC/C=C/Cl)cc1. The minimum atomic E-state index is 0.787. The summed E-state index contributed by atoms with van der Waals surface area (Å²) in [4.78, 5) is 0. The van der Waals surface area contributed by atoms with Crippen molar-refractivity contribution in [1.29, 1.82) is 0 Å². The molecule has 14 heavy (non-hydrogen) atoms. The van der Waals surface area contributed by atoms with E-state index in [1.54, 1.807) is 7.11 Å². The van der Waals surface area contributed by atoms with Crippen molar-refractivity contribution in [3.63, 3.8) is 0 Å². The van der Waals surface area contributed by atoms with Crippen LogP contribution in [0, 0.1) is 0 Å². The van der Waals surface area contributed by atoms with Gasteiger partial charge in [0.2, 0.25) is 0 Å². The number of halogens is 1. The summed E-state index contributed by atoms with van der Waals surface area (Å²) in [6.07, 6.45) is 1.87. The molecule has 1 rings (SSSR count). The van der Waals surface area contributed by atoms with E-state index in [2.05, 4.69) is 5.32 Å². The van der Waals surface area contributed by atoms with Gasteiger partial charge >= 0.3 is 0 Å². The third-order valence-electron chi connectivity index (χ3n) is 1.84. The molecule has 0 amide bonds. The van der Waals surface area contributed by atoms with Gasteiger partial charge in [0.05, 0.1) is 7.11 Å². The lowest BCUT2D eigenvalue weighted by molar-refractivity contribution is 0.414. The van der Waals surface area contributed by atoms with E-state index in [0.29, 0.717) is 0 Å². The number of nitrogens with one attached hydrogen (secondary N) is 1. The molecule has 0 aliphatic heterocycles. The number of hydrogen-bond donors (Lipinski definition) is 1. The monoisotopic (exact) mass is 211 g/mol. The molecular formula is C11H14ClNO. The van der Waals surface area contributed by atoms with Gasteiger partial charge in [-0.2, -0.15) is 0 Å². The molecule has 0 saturated heterocycles. The van der Waals surface area contributed by atoms with Gasteiger partial charge in [0, 0.05) is 18.6 Å². The predicted molar refractivity (Wildman–Crippen MR) is 59.7 cm³/mol. The Kier molecular flexibility index (Phi) is 5.12. The third kappa shape index (κ3) is 3.81. The summed E-state index contributed by atoms with van der Waals surface area (Å²) >= 11 is 5.39. The number of rotatable bonds is 5. The van der Waals surface area contributed by atoms with Crippen molar-refractivity contribution in [2.45, 2.75) is 6.54 Å². The molecular weight excluding hydrogens is 198 g/mol. The first-order chi connectivity index (χ1) is 6.86. The molecule has 0 fully saturated rings. The Labute approximate surface area is 89.5 Å². The Morgan fingerprint density at radius 1 is 1.36 bits per heavy atom. The molecule has 76 valence electrons. The van der Waals surface area contributed by atoms with Crippen molar-refractivity contribution < 1.29 is 4.74 Å². The molecule has 0 heterocycles. The fourth-order valence-corrected chi connectivity index (χ4v) is 1.18. The summed E-state index contributed by atoms with van der Waals surface area (Å²) in [6.45, 7) is 1.63. The maximum absolute atomic E-state index is 5.39. The average Bonchev–Trinajstić information content (AvgIpc) is 2.25. The summed E-state index contributed by atoms with van der Waals surface area (Å²) in [5.41, 5.74) is 2.75. The largest absolute Gasteiger partial charge is 0.497 e. The number of ether oxygens (including phenoxy) is 1. The first-order valence-electron chi connectivity index (χ1n) is 4.45. The summed E-state index contributed by atoms with van der Waals surface area (Å²) in [5.74, 6) is 0.884. The van der Waals surface area contributed by atoms with E-state index in [-0.39, 0.29) is 0 Å². The van der Waals surface area contributed by atoms with E-state index < -0.39 is 0 Å². The first kappa shape index (κ1) is 11.1. The Morgan fingerprint density at radius 3 is 2.64 bits per heavy atom. The van der Waals surface area contributed by atoms with E-state index in [1.165, 1.54) is 11.1 Å². The Hall–Kier alpha value is -0.990. The second-order valence-corrected chi connectivity index (χ2v) is 3.09. The zero-order valence-electron chi connectivity index (χ0n) is 8.16. The van der Waals surface area contributed by atoms with Gasteiger partial charge in [0.15, 0.2) is 0 Å². The van der Waals surface area contributed by atoms with Gasteiger partial charge < -0.3 is 10.1 Å². The minimum Gasteiger partial charge on any atom is -0.497 e. The van der Waals surface area contributed by atoms with Gasteiger partial charge in [0.1, 0.15) is 5.75 Å². The molecule has 3 heteroatoms. The maximum atomic E-state index is 5.39. The molecule has 0 aromatic heterocycles. The van der Waals surface area contributed by atoms with Crippen LogP contribution in [-0.4, -0.2) is 13.7 Å². The molecule has 0 radical (unpaired) electrons. The molecule has 0 aliphatic carbocycles. The first-order valence-corrected chi connectivity index (χ1v) is 4.89. The second kappa shape index (κ2) is 6.46. The zero-order chi connectivity index (χ0) is 10.2. The second-order valence-electron chi connectivity index (χ2n) is 2.84. The predicted octanol–water partition coefficient (Wildman–Crippen LogP) is 2.54. The van der Waals surface area contributed by atoms with Gasteiger partial charge in [-0.25, -0.2) is 0 Å². The van der Waals surface area contributed by atoms with Crippen LogP contribution in [0.15, 0.2) is 35.9 Å². The van der Waals surface area contributed by atoms with Gasteiger partial charge in [-0.05, 0) is 17.7 Å². The van der Waals surface area contributed by atoms with Crippen LogP contribution in [0.5, 0.6) is 5.75 Å². The van der Waals surface area contributed by atoms with E-state index in [1.807, 2.05) is 30.3 Å². The highest BCUT2D eigenvalue weighted by Gasteiger charge is 1.92. The van der Waals surface area contributed by atoms with Crippen molar-refractivity contribution in [1.82, 2.24) is 5.32 Å². The number of hydrogen-bond acceptors (Lipinski definition) is 2. The van der Waals surface area contributed by atoms with Gasteiger partial charge in [-0.1, -0.05) is 29.8 Å². The topological polar surface area (TPSA) is 21.3 Å². The van der Waals surface area contributed by atoms with Crippen LogP contribution < -0.4 is 10.1 Å². The number of methoxy groups -OCH3 is 1. The highest BCUT2D eigenvalue weighted by atomic mass is 35.5. The van der Waals surface area contributed by atoms with Gasteiger partial charge in [-0.3, -0.25) is 0 Å². The normalized spacial score (nSPS) is 10.7. The quantitative estimate of drug-likeness (QED) is 0.756. The Bertz CT molecular complexity index is 282. The van der Waals surface area contributed by atoms with Crippen LogP contribution in [0.4, 0.5) is 0 Å². The van der Waals surface area contributed by atoms with Crippen molar-refractivity contribution >= 4 is 11.6 Å². The van der Waals surface area contributed by atoms with Crippen molar-refractivity contribution in [3.8, 4) is 5.75 Å². The molecule has 1 N–H and O–H groups in total.